The van der Waals surface area contributed by atoms with Crippen LogP contribution in [0.5, 0.6) is 23.0 Å². The average molecular weight is 1040 g/mol. The van der Waals surface area contributed by atoms with Gasteiger partial charge < -0.3 is 38.6 Å². The highest BCUT2D eigenvalue weighted by Gasteiger charge is 2.46. The highest BCUT2D eigenvalue weighted by Crippen LogP contribution is 2.53. The van der Waals surface area contributed by atoms with Crippen LogP contribution < -0.4 is 28.7 Å². The fraction of sp³-hybridized carbons (Fsp3) is 0.308. The van der Waals surface area contributed by atoms with Crippen LogP contribution in [-0.4, -0.2) is 86.5 Å². The second-order valence-corrected chi connectivity index (χ2v) is 16.7. The quantitative estimate of drug-likeness (QED) is 0.0618. The van der Waals surface area contributed by atoms with E-state index < -0.39 is 62.3 Å². The van der Waals surface area contributed by atoms with Crippen molar-refractivity contribution in [2.45, 2.75) is 65.8 Å². The second kappa shape index (κ2) is 23.1. The second-order valence-electron chi connectivity index (χ2n) is 15.9. The zero-order valence-corrected chi connectivity index (χ0v) is 40.7. The fourth-order valence-electron chi connectivity index (χ4n) is 8.57. The molecule has 380 valence electrons. The number of carbonyl (C=O) groups excluding carboxylic acids is 4. The number of esters is 2. The number of hydrogen-bond acceptors (Lipinski definition) is 12. The molecule has 20 heteroatoms. The van der Waals surface area contributed by atoms with Gasteiger partial charge in [-0.1, -0.05) is 83.9 Å². The van der Waals surface area contributed by atoms with Crippen molar-refractivity contribution in [3.05, 3.63) is 128 Å². The number of fused-ring (bicyclic) bond motifs is 4. The van der Waals surface area contributed by atoms with Crippen molar-refractivity contribution < 1.29 is 75.4 Å². The number of amides is 2. The predicted octanol–water partition coefficient (Wildman–Crippen LogP) is 10.6. The Labute approximate surface area is 420 Å². The summed E-state index contributed by atoms with van der Waals surface area (Å²) in [6.07, 6.45) is -8.69. The van der Waals surface area contributed by atoms with Gasteiger partial charge in [-0.15, -0.1) is 0 Å². The molecule has 14 nitrogen and oxygen atoms in total. The maximum atomic E-state index is 13.7. The van der Waals surface area contributed by atoms with E-state index in [-0.39, 0.29) is 106 Å². The molecule has 2 amide bonds. The van der Waals surface area contributed by atoms with Crippen LogP contribution in [-0.2, 0) is 31.9 Å². The van der Waals surface area contributed by atoms with Gasteiger partial charge >= 0.3 is 11.9 Å². The zero-order chi connectivity index (χ0) is 52.0. The number of halogens is 6. The Morgan fingerprint density at radius 1 is 0.542 bits per heavy atom. The van der Waals surface area contributed by atoms with E-state index >= 15 is 0 Å². The number of aliphatic hydroxyl groups excluding tert-OH is 2. The Morgan fingerprint density at radius 3 is 1.25 bits per heavy atom. The van der Waals surface area contributed by atoms with Crippen LogP contribution in [0.15, 0.2) is 84.9 Å². The van der Waals surface area contributed by atoms with Gasteiger partial charge in [0.05, 0.1) is 82.9 Å². The van der Waals surface area contributed by atoms with Crippen LogP contribution in [0.4, 0.5) is 28.9 Å². The van der Waals surface area contributed by atoms with Gasteiger partial charge in [0.1, 0.15) is 36.2 Å². The first-order valence-corrected chi connectivity index (χ1v) is 23.5. The van der Waals surface area contributed by atoms with Crippen LogP contribution in [0.2, 0.25) is 10.0 Å². The molecule has 72 heavy (non-hydrogen) atoms. The van der Waals surface area contributed by atoms with Crippen molar-refractivity contribution in [3.8, 4) is 23.0 Å². The van der Waals surface area contributed by atoms with Gasteiger partial charge in [0, 0.05) is 21.5 Å². The third kappa shape index (κ3) is 10.7. The molecule has 0 radical (unpaired) electrons. The number of carbonyl (C=O) groups is 4. The molecule has 2 aliphatic heterocycles. The smallest absolute Gasteiger partial charge is 0.310 e. The Kier molecular flexibility index (Phi) is 17.0. The summed E-state index contributed by atoms with van der Waals surface area (Å²) < 4.78 is 84.7. The van der Waals surface area contributed by atoms with Crippen molar-refractivity contribution in [3.63, 3.8) is 0 Å². The van der Waals surface area contributed by atoms with Crippen molar-refractivity contribution in [2.75, 3.05) is 49.4 Å². The Hall–Kier alpha value is -6.86. The number of rotatable bonds is 18. The van der Waals surface area contributed by atoms with E-state index in [9.17, 15) is 47.0 Å². The van der Waals surface area contributed by atoms with Crippen LogP contribution in [0, 0.1) is 0 Å². The van der Waals surface area contributed by atoms with E-state index in [1.54, 1.807) is 88.4 Å². The monoisotopic (exact) mass is 1040 g/mol. The van der Waals surface area contributed by atoms with Gasteiger partial charge in [0.2, 0.25) is 0 Å². The minimum Gasteiger partial charge on any atom is -0.493 e. The molecule has 2 atom stereocenters. The van der Waals surface area contributed by atoms with E-state index in [4.69, 9.17) is 51.6 Å². The first-order chi connectivity index (χ1) is 34.6. The molecule has 0 aromatic heterocycles. The SMILES string of the molecule is CCOC(=O)Cc1ccc(N2C(=O)c3c(c(OCC(F)F)c4ccccc4c3OCC)C2O)c(Cl)c1.CCOC(=O)Cc1ccc(N2C(=O)c3c(c(OCC)c4ccccc4c3OCC(F)F)C2O)c(Cl)c1. The topological polar surface area (TPSA) is 171 Å². The minimum atomic E-state index is -2.77. The number of alkyl halides is 4. The lowest BCUT2D eigenvalue weighted by Crippen LogP contribution is -2.28. The molecular formula is C52H48Cl2F4N2O12. The van der Waals surface area contributed by atoms with Crippen LogP contribution in [0.3, 0.4) is 0 Å². The summed E-state index contributed by atoms with van der Waals surface area (Å²) in [4.78, 5) is 53.1. The summed E-state index contributed by atoms with van der Waals surface area (Å²) in [5.41, 5.74) is 1.53. The highest BCUT2D eigenvalue weighted by atomic mass is 35.5. The summed E-state index contributed by atoms with van der Waals surface area (Å²) in [7, 11) is 0. The molecule has 2 N–H and O–H groups in total. The number of anilines is 2. The Balaban J connectivity index is 0.000000211. The maximum Gasteiger partial charge on any atom is 0.310 e. The predicted molar refractivity (Wildman–Crippen MR) is 260 cm³/mol. The molecule has 8 rings (SSSR count). The van der Waals surface area contributed by atoms with Gasteiger partial charge in [-0.05, 0) is 63.1 Å². The Bertz CT molecular complexity index is 2960. The molecule has 0 bridgehead atoms. The van der Waals surface area contributed by atoms with Crippen LogP contribution in [0.1, 0.15) is 83.1 Å². The van der Waals surface area contributed by atoms with Crippen molar-refractivity contribution >= 4 is 79.9 Å². The first-order valence-electron chi connectivity index (χ1n) is 22.7. The lowest BCUT2D eigenvalue weighted by Gasteiger charge is -2.23. The molecule has 6 aromatic rings. The van der Waals surface area contributed by atoms with Crippen molar-refractivity contribution in [1.29, 1.82) is 0 Å². The first kappa shape index (κ1) is 53.0. The molecule has 2 unspecified atom stereocenters. The van der Waals surface area contributed by atoms with E-state index in [0.717, 1.165) is 9.80 Å². The van der Waals surface area contributed by atoms with Gasteiger partial charge in [0.15, 0.2) is 12.5 Å². The molecule has 2 aliphatic rings. The number of nitrogens with zero attached hydrogens (tertiary/aromatic N) is 2. The third-order valence-corrected chi connectivity index (χ3v) is 11.9. The Morgan fingerprint density at radius 2 is 0.889 bits per heavy atom. The standard InChI is InChI=1S/2C26H24ClF2NO6/c2*1-3-34-20(31)12-14-9-10-18(17(27)11-14)30-25(32)21-22(26(30)33)24(36-13-19(28)29)16-8-6-5-7-15(16)23(21)35-4-2/h5-11,19,26,33H,3-4,12-13H2,1-2H3;5-11,19,25,32H,3-4,12-13H2,1-2H3. The van der Waals surface area contributed by atoms with Crippen molar-refractivity contribution in [1.82, 2.24) is 0 Å². The lowest BCUT2D eigenvalue weighted by molar-refractivity contribution is -0.143. The average Bonchev–Trinajstić information content (AvgIpc) is 3.75. The van der Waals surface area contributed by atoms with E-state index in [1.807, 2.05) is 0 Å². The van der Waals surface area contributed by atoms with Gasteiger partial charge in [0.25, 0.3) is 24.7 Å². The number of aliphatic hydroxyl groups is 2. The highest BCUT2D eigenvalue weighted by molar-refractivity contribution is 6.35. The van der Waals surface area contributed by atoms with Crippen LogP contribution in [0.25, 0.3) is 21.5 Å². The summed E-state index contributed by atoms with van der Waals surface area (Å²) in [6.45, 7) is 5.98. The number of ether oxygens (including phenoxy) is 6. The van der Waals surface area contributed by atoms with E-state index in [1.165, 1.54) is 24.3 Å². The van der Waals surface area contributed by atoms with Gasteiger partial charge in [-0.25, -0.2) is 17.6 Å². The lowest BCUT2D eigenvalue weighted by atomic mass is 9.98. The molecule has 0 aliphatic carbocycles. The molecule has 0 saturated carbocycles. The third-order valence-electron chi connectivity index (χ3n) is 11.3. The summed E-state index contributed by atoms with van der Waals surface area (Å²) in [5.74, 6) is -1.80. The fourth-order valence-corrected chi connectivity index (χ4v) is 9.16. The number of benzene rings is 6. The zero-order valence-electron chi connectivity index (χ0n) is 39.2. The van der Waals surface area contributed by atoms with Crippen LogP contribution >= 0.6 is 23.2 Å². The summed E-state index contributed by atoms with van der Waals surface area (Å²) in [5, 5.41) is 24.7. The van der Waals surface area contributed by atoms with Gasteiger partial charge in [-0.3, -0.25) is 29.0 Å². The number of hydrogen-bond donors (Lipinski definition) is 2. The molecule has 0 saturated heterocycles. The van der Waals surface area contributed by atoms with Gasteiger partial charge in [-0.2, -0.15) is 0 Å². The normalized spacial score (nSPS) is 14.9. The summed E-state index contributed by atoms with van der Waals surface area (Å²) in [6, 6.07) is 22.7. The largest absolute Gasteiger partial charge is 0.493 e. The molecule has 6 aromatic carbocycles. The maximum absolute atomic E-state index is 13.7. The molecule has 2 heterocycles. The summed E-state index contributed by atoms with van der Waals surface area (Å²) >= 11 is 12.9. The van der Waals surface area contributed by atoms with Crippen molar-refractivity contribution in [2.24, 2.45) is 0 Å². The van der Waals surface area contributed by atoms with E-state index in [2.05, 4.69) is 0 Å². The molecule has 0 fully saturated rings. The van der Waals surface area contributed by atoms with E-state index in [0.29, 0.717) is 32.7 Å². The molecular weight excluding hydrogens is 991 g/mol. The minimum absolute atomic E-state index is 0.0129. The molecule has 0 spiro atoms.